The van der Waals surface area contributed by atoms with E-state index in [2.05, 4.69) is 23.2 Å². The van der Waals surface area contributed by atoms with Gasteiger partial charge in [-0.15, -0.1) is 0 Å². The maximum absolute atomic E-state index is 14.1. The Kier molecular flexibility index (Phi) is 7.29. The minimum Gasteiger partial charge on any atom is -0.315 e. The van der Waals surface area contributed by atoms with Crippen molar-refractivity contribution >= 4 is 11.9 Å². The zero-order chi connectivity index (χ0) is 27.6. The van der Waals surface area contributed by atoms with Crippen molar-refractivity contribution in [2.24, 2.45) is 5.92 Å². The monoisotopic (exact) mass is 520 g/mol. The second-order valence-corrected chi connectivity index (χ2v) is 11.3. The molecule has 2 aliphatic rings. The molecule has 0 bridgehead atoms. The van der Waals surface area contributed by atoms with E-state index in [1.54, 1.807) is 0 Å². The van der Waals surface area contributed by atoms with Gasteiger partial charge < -0.3 is 10.2 Å². The molecule has 1 N–H and O–H groups in total. The molecule has 0 saturated carbocycles. The minimum atomic E-state index is -1.24. The summed E-state index contributed by atoms with van der Waals surface area (Å²) in [6.07, 6.45) is 1.54. The number of nitrogens with one attached hydrogen (secondary N) is 1. The van der Waals surface area contributed by atoms with Crippen molar-refractivity contribution in [2.75, 3.05) is 26.2 Å². The van der Waals surface area contributed by atoms with Crippen LogP contribution >= 0.6 is 0 Å². The molecule has 2 saturated heterocycles. The number of piperidine rings is 1. The number of hydrogen-bond donors (Lipinski definition) is 1. The molecule has 6 nitrogen and oxygen atoms in total. The highest BCUT2D eigenvalue weighted by atomic mass is 16.2. The first kappa shape index (κ1) is 26.6. The van der Waals surface area contributed by atoms with E-state index in [1.807, 2.05) is 92.7 Å². The van der Waals surface area contributed by atoms with E-state index in [1.165, 1.54) is 4.90 Å². The molecule has 6 heteroatoms. The first-order valence-corrected chi connectivity index (χ1v) is 13.7. The Bertz CT molecular complexity index is 1320. The Morgan fingerprint density at radius 2 is 1.36 bits per heavy atom. The van der Waals surface area contributed by atoms with E-state index in [4.69, 9.17) is 0 Å². The number of amides is 3. The van der Waals surface area contributed by atoms with Crippen molar-refractivity contribution in [1.82, 2.24) is 15.1 Å². The maximum atomic E-state index is 14.1. The number of carbonyl (C=O) groups is 2. The molecular formula is C33H36N4O2. The highest BCUT2D eigenvalue weighted by molar-refractivity contribution is 6.09. The van der Waals surface area contributed by atoms with Gasteiger partial charge in [-0.05, 0) is 62.4 Å². The summed E-state index contributed by atoms with van der Waals surface area (Å²) in [5.41, 5.74) is 3.09. The average molecular weight is 521 g/mol. The van der Waals surface area contributed by atoms with Crippen LogP contribution in [0.4, 0.5) is 4.79 Å². The minimum absolute atomic E-state index is 0.0813. The summed E-state index contributed by atoms with van der Waals surface area (Å²) in [5, 5.41) is 13.1. The topological polar surface area (TPSA) is 76.4 Å². The average Bonchev–Trinajstić information content (AvgIpc) is 3.20. The van der Waals surface area contributed by atoms with Gasteiger partial charge in [-0.3, -0.25) is 9.69 Å². The third kappa shape index (κ3) is 4.95. The summed E-state index contributed by atoms with van der Waals surface area (Å²) < 4.78 is 0. The van der Waals surface area contributed by atoms with Crippen LogP contribution in [0.25, 0.3) is 0 Å². The molecule has 3 aromatic rings. The van der Waals surface area contributed by atoms with Crippen LogP contribution in [-0.4, -0.2) is 47.9 Å². The number of urea groups is 1. The lowest BCUT2D eigenvalue weighted by molar-refractivity contribution is -0.130. The highest BCUT2D eigenvalue weighted by Crippen LogP contribution is 2.38. The quantitative estimate of drug-likeness (QED) is 0.430. The largest absolute Gasteiger partial charge is 0.325 e. The van der Waals surface area contributed by atoms with Crippen LogP contribution in [0, 0.1) is 31.1 Å². The fraction of sp³-hybridized carbons (Fsp3) is 0.364. The summed E-state index contributed by atoms with van der Waals surface area (Å²) in [4.78, 5) is 31.2. The number of aryl methyl sites for hydroxylation is 2. The van der Waals surface area contributed by atoms with Crippen LogP contribution in [0.15, 0.2) is 78.9 Å². The fourth-order valence-electron chi connectivity index (χ4n) is 6.06. The Balaban J connectivity index is 1.31. The van der Waals surface area contributed by atoms with Crippen molar-refractivity contribution in [1.29, 1.82) is 5.26 Å². The highest BCUT2D eigenvalue weighted by Gasteiger charge is 2.53. The lowest BCUT2D eigenvalue weighted by Gasteiger charge is -2.38. The summed E-state index contributed by atoms with van der Waals surface area (Å²) in [5.74, 6) is -0.156. The van der Waals surface area contributed by atoms with Gasteiger partial charge in [0.25, 0.3) is 5.91 Å². The Morgan fingerprint density at radius 3 is 1.87 bits per heavy atom. The van der Waals surface area contributed by atoms with Gasteiger partial charge in [0.1, 0.15) is 0 Å². The lowest BCUT2D eigenvalue weighted by Crippen LogP contribution is -2.46. The van der Waals surface area contributed by atoms with Crippen molar-refractivity contribution in [3.8, 4) is 6.07 Å². The van der Waals surface area contributed by atoms with Crippen molar-refractivity contribution in [3.63, 3.8) is 0 Å². The molecule has 200 valence electrons. The summed E-state index contributed by atoms with van der Waals surface area (Å²) >= 11 is 0. The number of hydrogen-bond acceptors (Lipinski definition) is 4. The van der Waals surface area contributed by atoms with E-state index in [0.29, 0.717) is 6.54 Å². The molecule has 2 heterocycles. The molecule has 3 amide bonds. The maximum Gasteiger partial charge on any atom is 0.325 e. The van der Waals surface area contributed by atoms with E-state index < -0.39 is 11.0 Å². The van der Waals surface area contributed by atoms with Crippen LogP contribution in [0.2, 0.25) is 0 Å². The van der Waals surface area contributed by atoms with Gasteiger partial charge in [-0.1, -0.05) is 96.9 Å². The SMILES string of the molecule is Cc1ccc(C2(c3ccc(C)cc3)NC(=O)N(CC(C)CN3CCC(C#N)(c4ccccc4)CC3)C2=O)cc1. The molecule has 2 aliphatic heterocycles. The third-order valence-corrected chi connectivity index (χ3v) is 8.39. The Morgan fingerprint density at radius 1 is 0.821 bits per heavy atom. The van der Waals surface area contributed by atoms with Crippen LogP contribution in [0.5, 0.6) is 0 Å². The molecular weight excluding hydrogens is 484 g/mol. The number of imide groups is 1. The lowest BCUT2D eigenvalue weighted by atomic mass is 9.74. The van der Waals surface area contributed by atoms with Crippen LogP contribution in [0.1, 0.15) is 47.6 Å². The van der Waals surface area contributed by atoms with Crippen LogP contribution < -0.4 is 5.32 Å². The molecule has 0 spiro atoms. The molecule has 2 fully saturated rings. The molecule has 1 unspecified atom stereocenters. The normalized spacial score (nSPS) is 19.4. The van der Waals surface area contributed by atoms with Gasteiger partial charge in [0.2, 0.25) is 0 Å². The number of nitrogens with zero attached hydrogens (tertiary/aromatic N) is 3. The number of carbonyl (C=O) groups excluding carboxylic acids is 2. The second kappa shape index (κ2) is 10.7. The van der Waals surface area contributed by atoms with Gasteiger partial charge in [0, 0.05) is 13.1 Å². The van der Waals surface area contributed by atoms with E-state index >= 15 is 0 Å². The van der Waals surface area contributed by atoms with Crippen molar-refractivity contribution in [3.05, 3.63) is 107 Å². The number of rotatable bonds is 7. The zero-order valence-corrected chi connectivity index (χ0v) is 23.0. The number of nitriles is 1. The van der Waals surface area contributed by atoms with Gasteiger partial charge in [-0.2, -0.15) is 5.26 Å². The molecule has 0 radical (unpaired) electrons. The number of benzene rings is 3. The van der Waals surface area contributed by atoms with Gasteiger partial charge >= 0.3 is 6.03 Å². The van der Waals surface area contributed by atoms with E-state index in [-0.39, 0.29) is 17.9 Å². The molecule has 3 aromatic carbocycles. The fourth-order valence-corrected chi connectivity index (χ4v) is 6.06. The van der Waals surface area contributed by atoms with E-state index in [0.717, 1.165) is 60.3 Å². The van der Waals surface area contributed by atoms with Crippen molar-refractivity contribution < 1.29 is 9.59 Å². The first-order valence-electron chi connectivity index (χ1n) is 13.7. The van der Waals surface area contributed by atoms with Crippen molar-refractivity contribution in [2.45, 2.75) is 44.6 Å². The van der Waals surface area contributed by atoms with Gasteiger partial charge in [0.05, 0.1) is 11.5 Å². The number of likely N-dealkylation sites (tertiary alicyclic amines) is 1. The standard InChI is InChI=1S/C33H36N4O2/c1-24-9-13-28(14-10-24)33(29-15-11-25(2)12-16-29)30(38)37(31(39)35-33)22-26(3)21-36-19-17-32(23-34,18-20-36)27-7-5-4-6-8-27/h4-16,26H,17-22H2,1-3H3,(H,35,39). The van der Waals surface area contributed by atoms with Gasteiger partial charge in [-0.25, -0.2) is 4.79 Å². The smallest absolute Gasteiger partial charge is 0.315 e. The zero-order valence-electron chi connectivity index (χ0n) is 23.0. The van der Waals surface area contributed by atoms with Crippen LogP contribution in [-0.2, 0) is 15.7 Å². The Hall–Kier alpha value is -3.95. The molecule has 5 rings (SSSR count). The second-order valence-electron chi connectivity index (χ2n) is 11.3. The molecule has 1 atom stereocenters. The molecule has 0 aromatic heterocycles. The summed E-state index contributed by atoms with van der Waals surface area (Å²) in [7, 11) is 0. The Labute approximate surface area is 231 Å². The van der Waals surface area contributed by atoms with Gasteiger partial charge in [0.15, 0.2) is 5.54 Å². The third-order valence-electron chi connectivity index (χ3n) is 8.39. The molecule has 39 heavy (non-hydrogen) atoms. The summed E-state index contributed by atoms with van der Waals surface area (Å²) in [6, 6.07) is 27.9. The molecule has 0 aliphatic carbocycles. The first-order chi connectivity index (χ1) is 18.8. The van der Waals surface area contributed by atoms with Crippen LogP contribution in [0.3, 0.4) is 0 Å². The summed E-state index contributed by atoms with van der Waals surface area (Å²) in [6.45, 7) is 8.81. The van der Waals surface area contributed by atoms with E-state index in [9.17, 15) is 14.9 Å². The predicted octanol–water partition coefficient (Wildman–Crippen LogP) is 5.29. The predicted molar refractivity (Wildman–Crippen MR) is 152 cm³/mol.